The van der Waals surface area contributed by atoms with E-state index in [2.05, 4.69) is 6.58 Å². The molecule has 7 nitrogen and oxygen atoms in total. The summed E-state index contributed by atoms with van der Waals surface area (Å²) < 4.78 is 15.9. The van der Waals surface area contributed by atoms with E-state index in [1.165, 1.54) is 0 Å². The standard InChI is InChI=1S/C29H34N2O5S/c1-5-15-30(28(32)19-22-8-11-24(34-2)12-9-22)21-29(33)31(20-25-7-6-17-37-25)16-14-23-10-13-26(35-3)27(18-23)36-4/h5-13,17-18H,1,14-16,19-21H2,2-4H3. The molecule has 0 radical (unpaired) electrons. The smallest absolute Gasteiger partial charge is 0.242 e. The quantitative estimate of drug-likeness (QED) is 0.290. The summed E-state index contributed by atoms with van der Waals surface area (Å²) in [6, 6.07) is 17.1. The van der Waals surface area contributed by atoms with Crippen LogP contribution >= 0.6 is 11.3 Å². The molecule has 1 aromatic heterocycles. The number of carbonyl (C=O) groups excluding carboxylic acids is 2. The number of hydrogen-bond acceptors (Lipinski definition) is 6. The van der Waals surface area contributed by atoms with Gasteiger partial charge in [-0.15, -0.1) is 17.9 Å². The Bertz CT molecular complexity index is 1160. The van der Waals surface area contributed by atoms with Crippen molar-refractivity contribution in [1.82, 2.24) is 9.80 Å². The second-order valence-corrected chi connectivity index (χ2v) is 9.45. The summed E-state index contributed by atoms with van der Waals surface area (Å²) in [5.74, 6) is 1.80. The third-order valence-corrected chi connectivity index (χ3v) is 6.80. The first-order valence-electron chi connectivity index (χ1n) is 12.0. The van der Waals surface area contributed by atoms with E-state index in [0.29, 0.717) is 37.6 Å². The average Bonchev–Trinajstić information content (AvgIpc) is 3.44. The first-order valence-corrected chi connectivity index (χ1v) is 12.9. The van der Waals surface area contributed by atoms with E-state index in [1.807, 2.05) is 60.0 Å². The van der Waals surface area contributed by atoms with Gasteiger partial charge in [-0.2, -0.15) is 0 Å². The Labute approximate surface area is 222 Å². The van der Waals surface area contributed by atoms with Gasteiger partial charge in [0.25, 0.3) is 0 Å². The molecular formula is C29H34N2O5S. The Morgan fingerprint density at radius 1 is 0.892 bits per heavy atom. The molecule has 37 heavy (non-hydrogen) atoms. The molecule has 0 unspecified atom stereocenters. The molecule has 8 heteroatoms. The Morgan fingerprint density at radius 2 is 1.62 bits per heavy atom. The topological polar surface area (TPSA) is 68.3 Å². The van der Waals surface area contributed by atoms with E-state index >= 15 is 0 Å². The highest BCUT2D eigenvalue weighted by molar-refractivity contribution is 7.09. The molecule has 2 amide bonds. The van der Waals surface area contributed by atoms with Crippen molar-refractivity contribution < 1.29 is 23.8 Å². The Morgan fingerprint density at radius 3 is 2.24 bits per heavy atom. The highest BCUT2D eigenvalue weighted by Gasteiger charge is 2.21. The number of nitrogens with zero attached hydrogens (tertiary/aromatic N) is 2. The van der Waals surface area contributed by atoms with Crippen LogP contribution in [0, 0.1) is 0 Å². The van der Waals surface area contributed by atoms with E-state index in [0.717, 1.165) is 21.8 Å². The van der Waals surface area contributed by atoms with E-state index < -0.39 is 0 Å². The Hall–Kier alpha value is -3.78. The summed E-state index contributed by atoms with van der Waals surface area (Å²) >= 11 is 1.60. The van der Waals surface area contributed by atoms with Gasteiger partial charge in [-0.25, -0.2) is 0 Å². The summed E-state index contributed by atoms with van der Waals surface area (Å²) in [4.78, 5) is 31.0. The van der Waals surface area contributed by atoms with Crippen LogP contribution in [0.15, 0.2) is 72.6 Å². The zero-order valence-electron chi connectivity index (χ0n) is 21.6. The van der Waals surface area contributed by atoms with Crippen molar-refractivity contribution in [3.05, 3.63) is 88.6 Å². The molecule has 1 heterocycles. The molecule has 3 rings (SSSR count). The molecule has 3 aromatic rings. The van der Waals surface area contributed by atoms with Crippen LogP contribution in [0.5, 0.6) is 17.2 Å². The van der Waals surface area contributed by atoms with Crippen LogP contribution in [0.2, 0.25) is 0 Å². The minimum Gasteiger partial charge on any atom is -0.497 e. The number of ether oxygens (including phenoxy) is 3. The van der Waals surface area contributed by atoms with Gasteiger partial charge in [0.05, 0.1) is 34.3 Å². The van der Waals surface area contributed by atoms with Gasteiger partial charge in [0.2, 0.25) is 11.8 Å². The van der Waals surface area contributed by atoms with Crippen LogP contribution in [0.1, 0.15) is 16.0 Å². The fourth-order valence-electron chi connectivity index (χ4n) is 3.89. The number of thiophene rings is 1. The minimum absolute atomic E-state index is 0.0156. The van der Waals surface area contributed by atoms with Crippen molar-refractivity contribution in [3.8, 4) is 17.2 Å². The van der Waals surface area contributed by atoms with Crippen molar-refractivity contribution in [2.45, 2.75) is 19.4 Å². The predicted molar refractivity (Wildman–Crippen MR) is 146 cm³/mol. The number of rotatable bonds is 14. The lowest BCUT2D eigenvalue weighted by Gasteiger charge is -2.27. The van der Waals surface area contributed by atoms with Crippen molar-refractivity contribution >= 4 is 23.2 Å². The highest BCUT2D eigenvalue weighted by Crippen LogP contribution is 2.28. The molecule has 0 aliphatic carbocycles. The van der Waals surface area contributed by atoms with Crippen molar-refractivity contribution in [3.63, 3.8) is 0 Å². The SMILES string of the molecule is C=CCN(CC(=O)N(CCc1ccc(OC)c(OC)c1)Cc1cccs1)C(=O)Cc1ccc(OC)cc1. The summed E-state index contributed by atoms with van der Waals surface area (Å²) in [7, 11) is 4.81. The first-order chi connectivity index (χ1) is 18.0. The molecule has 0 fully saturated rings. The van der Waals surface area contributed by atoms with Gasteiger partial charge in [-0.05, 0) is 53.3 Å². The van der Waals surface area contributed by atoms with Crippen LogP contribution in [0.3, 0.4) is 0 Å². The third-order valence-electron chi connectivity index (χ3n) is 5.94. The van der Waals surface area contributed by atoms with Crippen molar-refractivity contribution in [1.29, 1.82) is 0 Å². The fourth-order valence-corrected chi connectivity index (χ4v) is 4.61. The molecule has 0 N–H and O–H groups in total. The van der Waals surface area contributed by atoms with Gasteiger partial charge in [-0.1, -0.05) is 30.3 Å². The van der Waals surface area contributed by atoms with Crippen molar-refractivity contribution in [2.75, 3.05) is 41.0 Å². The van der Waals surface area contributed by atoms with Gasteiger partial charge < -0.3 is 24.0 Å². The van der Waals surface area contributed by atoms with E-state index in [-0.39, 0.29) is 24.8 Å². The average molecular weight is 523 g/mol. The second-order valence-electron chi connectivity index (χ2n) is 8.42. The Kier molecular flexibility index (Phi) is 10.6. The van der Waals surface area contributed by atoms with Gasteiger partial charge in [0.15, 0.2) is 11.5 Å². The molecular weight excluding hydrogens is 488 g/mol. The van der Waals surface area contributed by atoms with E-state index in [1.54, 1.807) is 48.5 Å². The molecule has 0 spiro atoms. The van der Waals surface area contributed by atoms with Gasteiger partial charge in [0, 0.05) is 18.0 Å². The fraction of sp³-hybridized carbons (Fsp3) is 0.310. The number of benzene rings is 2. The number of amides is 2. The molecule has 0 aliphatic heterocycles. The molecule has 0 saturated heterocycles. The van der Waals surface area contributed by atoms with Gasteiger partial charge in [-0.3, -0.25) is 9.59 Å². The third kappa shape index (κ3) is 8.11. The molecule has 2 aromatic carbocycles. The largest absolute Gasteiger partial charge is 0.497 e. The zero-order valence-corrected chi connectivity index (χ0v) is 22.5. The molecule has 196 valence electrons. The number of methoxy groups -OCH3 is 3. The van der Waals surface area contributed by atoms with E-state index in [9.17, 15) is 9.59 Å². The summed E-state index contributed by atoms with van der Waals surface area (Å²) in [6.07, 6.45) is 2.48. The Balaban J connectivity index is 1.71. The van der Waals surface area contributed by atoms with Crippen LogP contribution in [0.4, 0.5) is 0 Å². The van der Waals surface area contributed by atoms with Gasteiger partial charge in [0.1, 0.15) is 12.3 Å². The van der Waals surface area contributed by atoms with Crippen LogP contribution in [-0.2, 0) is 29.0 Å². The maximum atomic E-state index is 13.5. The molecule has 0 bridgehead atoms. The normalized spacial score (nSPS) is 10.5. The highest BCUT2D eigenvalue weighted by atomic mass is 32.1. The lowest BCUT2D eigenvalue weighted by molar-refractivity contribution is -0.140. The molecule has 0 saturated carbocycles. The maximum Gasteiger partial charge on any atom is 0.242 e. The van der Waals surface area contributed by atoms with Crippen LogP contribution < -0.4 is 14.2 Å². The van der Waals surface area contributed by atoms with E-state index in [4.69, 9.17) is 14.2 Å². The zero-order chi connectivity index (χ0) is 26.6. The molecule has 0 atom stereocenters. The van der Waals surface area contributed by atoms with Crippen molar-refractivity contribution in [2.24, 2.45) is 0 Å². The van der Waals surface area contributed by atoms with Crippen LogP contribution in [-0.4, -0.2) is 62.6 Å². The predicted octanol–water partition coefficient (Wildman–Crippen LogP) is 4.60. The summed E-state index contributed by atoms with van der Waals surface area (Å²) in [5.41, 5.74) is 1.89. The summed E-state index contributed by atoms with van der Waals surface area (Å²) in [6.45, 7) is 5.04. The number of carbonyl (C=O) groups is 2. The maximum absolute atomic E-state index is 13.5. The minimum atomic E-state index is -0.130. The second kappa shape index (κ2) is 14.1. The van der Waals surface area contributed by atoms with Gasteiger partial charge >= 0.3 is 0 Å². The lowest BCUT2D eigenvalue weighted by atomic mass is 10.1. The first kappa shape index (κ1) is 27.8. The monoisotopic (exact) mass is 522 g/mol. The summed E-state index contributed by atoms with van der Waals surface area (Å²) in [5, 5.41) is 1.99. The van der Waals surface area contributed by atoms with Crippen LogP contribution in [0.25, 0.3) is 0 Å². The lowest BCUT2D eigenvalue weighted by Crippen LogP contribution is -2.43. The number of hydrogen-bond donors (Lipinski definition) is 0. The molecule has 0 aliphatic rings.